The molecule has 3 aromatic rings. The lowest BCUT2D eigenvalue weighted by Gasteiger charge is -2.16. The van der Waals surface area contributed by atoms with Crippen molar-refractivity contribution in [3.05, 3.63) is 50.4 Å². The molecular weight excluding hydrogens is 396 g/mol. The Labute approximate surface area is 171 Å². The van der Waals surface area contributed by atoms with E-state index in [2.05, 4.69) is 15.5 Å². The monoisotopic (exact) mass is 416 g/mol. The summed E-state index contributed by atoms with van der Waals surface area (Å²) in [7, 11) is 0. The second kappa shape index (κ2) is 7.51. The van der Waals surface area contributed by atoms with Gasteiger partial charge in [0.05, 0.1) is 11.6 Å². The van der Waals surface area contributed by atoms with E-state index in [0.29, 0.717) is 16.2 Å². The first-order valence-corrected chi connectivity index (χ1v) is 9.82. The first kappa shape index (κ1) is 19.4. The summed E-state index contributed by atoms with van der Waals surface area (Å²) in [5, 5.41) is 12.1. The van der Waals surface area contributed by atoms with Gasteiger partial charge in [0, 0.05) is 30.0 Å². The van der Waals surface area contributed by atoms with Gasteiger partial charge in [-0.1, -0.05) is 11.6 Å². The molecular formula is C20H21ClN4O4. The molecule has 1 amide bonds. The molecule has 0 bridgehead atoms. The van der Waals surface area contributed by atoms with Crippen LogP contribution in [0.25, 0.3) is 11.0 Å². The van der Waals surface area contributed by atoms with Gasteiger partial charge in [0.15, 0.2) is 11.9 Å². The second-order valence-corrected chi connectivity index (χ2v) is 7.59. The first-order chi connectivity index (χ1) is 13.8. The van der Waals surface area contributed by atoms with E-state index < -0.39 is 11.7 Å². The third-order valence-electron chi connectivity index (χ3n) is 5.29. The average Bonchev–Trinajstić information content (AvgIpc) is 3.30. The number of ether oxygens (including phenoxy) is 1. The molecule has 1 atom stereocenters. The molecule has 9 heteroatoms. The molecule has 0 aliphatic carbocycles. The summed E-state index contributed by atoms with van der Waals surface area (Å²) >= 11 is 6.34. The number of rotatable bonds is 5. The number of halogens is 1. The zero-order valence-corrected chi connectivity index (χ0v) is 17.2. The predicted octanol–water partition coefficient (Wildman–Crippen LogP) is 2.68. The summed E-state index contributed by atoms with van der Waals surface area (Å²) in [6, 6.07) is 3.22. The van der Waals surface area contributed by atoms with Crippen LogP contribution in [0.4, 0.5) is 0 Å². The zero-order valence-electron chi connectivity index (χ0n) is 16.4. The Morgan fingerprint density at radius 1 is 1.34 bits per heavy atom. The summed E-state index contributed by atoms with van der Waals surface area (Å²) in [5.74, 6) is 1.65. The van der Waals surface area contributed by atoms with E-state index in [9.17, 15) is 9.59 Å². The van der Waals surface area contributed by atoms with E-state index in [-0.39, 0.29) is 18.2 Å². The lowest BCUT2D eigenvalue weighted by molar-refractivity contribution is -0.127. The minimum atomic E-state index is -0.802. The molecule has 152 valence electrons. The maximum Gasteiger partial charge on any atom is 0.339 e. The van der Waals surface area contributed by atoms with E-state index in [1.165, 1.54) is 0 Å². The fourth-order valence-corrected chi connectivity index (χ4v) is 3.64. The number of benzene rings is 1. The van der Waals surface area contributed by atoms with Gasteiger partial charge in [-0.25, -0.2) is 4.79 Å². The van der Waals surface area contributed by atoms with Gasteiger partial charge < -0.3 is 19.0 Å². The lowest BCUT2D eigenvalue weighted by atomic mass is 10.1. The summed E-state index contributed by atoms with van der Waals surface area (Å²) in [4.78, 5) is 24.4. The number of aryl methyl sites for hydroxylation is 2. The Morgan fingerprint density at radius 3 is 2.93 bits per heavy atom. The van der Waals surface area contributed by atoms with Crippen LogP contribution in [-0.4, -0.2) is 26.8 Å². The Balaban J connectivity index is 1.48. The van der Waals surface area contributed by atoms with Gasteiger partial charge in [-0.2, -0.15) is 0 Å². The molecule has 8 nitrogen and oxygen atoms in total. The minimum Gasteiger partial charge on any atom is -0.479 e. The van der Waals surface area contributed by atoms with E-state index in [0.717, 1.165) is 42.0 Å². The highest BCUT2D eigenvalue weighted by Crippen LogP contribution is 2.32. The molecule has 0 saturated heterocycles. The molecule has 3 heterocycles. The number of carbonyl (C=O) groups is 1. The number of hydrogen-bond donors (Lipinski definition) is 1. The number of carbonyl (C=O) groups excluding carboxylic acids is 1. The van der Waals surface area contributed by atoms with Crippen molar-refractivity contribution in [1.29, 1.82) is 0 Å². The fraction of sp³-hybridized carbons (Fsp3) is 0.400. The standard InChI is InChI=1S/C20H21ClN4O4/c1-10-11(2)20(27)29-15-8-16(14(21)7-13(10)15)28-12(3)19(26)22-9-18-24-23-17-5-4-6-25(17)18/h7-8,12H,4-6,9H2,1-3H3,(H,22,26). The molecule has 0 fully saturated rings. The number of nitrogens with zero attached hydrogens (tertiary/aromatic N) is 3. The van der Waals surface area contributed by atoms with Crippen LogP contribution in [0, 0.1) is 13.8 Å². The maximum atomic E-state index is 12.5. The van der Waals surface area contributed by atoms with E-state index in [1.54, 1.807) is 26.0 Å². The third-order valence-corrected chi connectivity index (χ3v) is 5.58. The SMILES string of the molecule is Cc1c(C)c2cc(Cl)c(OC(C)C(=O)NCc3nnc4n3CCC4)cc2oc1=O. The molecule has 1 N–H and O–H groups in total. The molecule has 1 aliphatic heterocycles. The van der Waals surface area contributed by atoms with Crippen LogP contribution >= 0.6 is 11.6 Å². The highest BCUT2D eigenvalue weighted by Gasteiger charge is 2.21. The molecule has 1 unspecified atom stereocenters. The van der Waals surface area contributed by atoms with Crippen LogP contribution in [0.2, 0.25) is 5.02 Å². The molecule has 1 aliphatic rings. The average molecular weight is 417 g/mol. The van der Waals surface area contributed by atoms with Crippen LogP contribution in [0.5, 0.6) is 5.75 Å². The molecule has 4 rings (SSSR count). The van der Waals surface area contributed by atoms with Crippen molar-refractivity contribution in [1.82, 2.24) is 20.1 Å². The second-order valence-electron chi connectivity index (χ2n) is 7.18. The van der Waals surface area contributed by atoms with E-state index in [1.807, 2.05) is 11.5 Å². The highest BCUT2D eigenvalue weighted by atomic mass is 35.5. The summed E-state index contributed by atoms with van der Waals surface area (Å²) < 4.78 is 13.1. The van der Waals surface area contributed by atoms with Crippen molar-refractivity contribution in [2.45, 2.75) is 52.8 Å². The number of nitrogens with one attached hydrogen (secondary N) is 1. The lowest BCUT2D eigenvalue weighted by Crippen LogP contribution is -2.36. The third kappa shape index (κ3) is 3.60. The predicted molar refractivity (Wildman–Crippen MR) is 107 cm³/mol. The highest BCUT2D eigenvalue weighted by molar-refractivity contribution is 6.32. The Bertz CT molecular complexity index is 1170. The van der Waals surface area contributed by atoms with Crippen molar-refractivity contribution < 1.29 is 13.9 Å². The quantitative estimate of drug-likeness (QED) is 0.642. The maximum absolute atomic E-state index is 12.5. The minimum absolute atomic E-state index is 0.275. The number of hydrogen-bond acceptors (Lipinski definition) is 6. The Hall–Kier alpha value is -2.87. The smallest absolute Gasteiger partial charge is 0.339 e. The Kier molecular flexibility index (Phi) is 5.04. The first-order valence-electron chi connectivity index (χ1n) is 9.44. The van der Waals surface area contributed by atoms with Crippen molar-refractivity contribution >= 4 is 28.5 Å². The van der Waals surface area contributed by atoms with Gasteiger partial charge in [0.1, 0.15) is 17.2 Å². The van der Waals surface area contributed by atoms with Gasteiger partial charge in [-0.15, -0.1) is 10.2 Å². The van der Waals surface area contributed by atoms with Crippen LogP contribution in [0.1, 0.15) is 36.1 Å². The van der Waals surface area contributed by atoms with Crippen LogP contribution < -0.4 is 15.7 Å². The van der Waals surface area contributed by atoms with Gasteiger partial charge in [-0.05, 0) is 38.8 Å². The van der Waals surface area contributed by atoms with Gasteiger partial charge >= 0.3 is 5.63 Å². The molecule has 0 spiro atoms. The fourth-order valence-electron chi connectivity index (χ4n) is 3.43. The summed E-state index contributed by atoms with van der Waals surface area (Å²) in [5.41, 5.74) is 1.30. The van der Waals surface area contributed by atoms with Crippen LogP contribution in [0.3, 0.4) is 0 Å². The normalized spacial score (nSPS) is 14.1. The number of amides is 1. The van der Waals surface area contributed by atoms with Crippen molar-refractivity contribution in [2.75, 3.05) is 0 Å². The van der Waals surface area contributed by atoms with E-state index in [4.69, 9.17) is 20.8 Å². The summed E-state index contributed by atoms with van der Waals surface area (Å²) in [6.45, 7) is 6.31. The van der Waals surface area contributed by atoms with Crippen molar-refractivity contribution in [3.63, 3.8) is 0 Å². The number of fused-ring (bicyclic) bond motifs is 2. The largest absolute Gasteiger partial charge is 0.479 e. The van der Waals surface area contributed by atoms with Crippen LogP contribution in [-0.2, 0) is 24.3 Å². The summed E-state index contributed by atoms with van der Waals surface area (Å²) in [6.07, 6.45) is 1.15. The zero-order chi connectivity index (χ0) is 20.7. The molecule has 2 aromatic heterocycles. The molecule has 0 saturated carbocycles. The topological polar surface area (TPSA) is 99.2 Å². The van der Waals surface area contributed by atoms with Gasteiger partial charge in [-0.3, -0.25) is 4.79 Å². The molecule has 1 aromatic carbocycles. The van der Waals surface area contributed by atoms with Gasteiger partial charge in [0.2, 0.25) is 0 Å². The van der Waals surface area contributed by atoms with Crippen molar-refractivity contribution in [2.24, 2.45) is 0 Å². The van der Waals surface area contributed by atoms with E-state index >= 15 is 0 Å². The van der Waals surface area contributed by atoms with Crippen molar-refractivity contribution in [3.8, 4) is 5.75 Å². The van der Waals surface area contributed by atoms with Gasteiger partial charge in [0.25, 0.3) is 5.91 Å². The molecule has 29 heavy (non-hydrogen) atoms. The number of aromatic nitrogens is 3. The Morgan fingerprint density at radius 2 is 2.14 bits per heavy atom. The molecule has 0 radical (unpaired) electrons. The van der Waals surface area contributed by atoms with Crippen LogP contribution in [0.15, 0.2) is 21.3 Å².